The van der Waals surface area contributed by atoms with Gasteiger partial charge in [-0.25, -0.2) is 4.39 Å². The maximum Gasteiger partial charge on any atom is 0.304 e. The van der Waals surface area contributed by atoms with Gasteiger partial charge in [0.2, 0.25) is 47.3 Å². The maximum atomic E-state index is 14.8. The van der Waals surface area contributed by atoms with Gasteiger partial charge >= 0.3 is 5.97 Å². The number of oxime groups is 1. The molecule has 15 N–H and O–H groups in total. The molecule has 2 heterocycles. The van der Waals surface area contributed by atoms with Gasteiger partial charge in [0.1, 0.15) is 38.3 Å². The van der Waals surface area contributed by atoms with Gasteiger partial charge in [-0.15, -0.1) is 11.8 Å². The van der Waals surface area contributed by atoms with Gasteiger partial charge in [-0.3, -0.25) is 76.9 Å². The van der Waals surface area contributed by atoms with Crippen LogP contribution in [0.3, 0.4) is 0 Å². The number of nitrogens with zero attached hydrogens (tertiary/aromatic N) is 2. The molecule has 126 heavy (non-hydrogen) atoms. The summed E-state index contributed by atoms with van der Waals surface area (Å²) in [7, 11) is 3.51. The van der Waals surface area contributed by atoms with Crippen molar-refractivity contribution in [1.29, 1.82) is 0 Å². The van der Waals surface area contributed by atoms with Gasteiger partial charge in [0.15, 0.2) is 41.5 Å². The van der Waals surface area contributed by atoms with Crippen molar-refractivity contribution in [3.63, 3.8) is 0 Å². The van der Waals surface area contributed by atoms with Crippen molar-refractivity contribution in [1.82, 2.24) is 42.5 Å². The van der Waals surface area contributed by atoms with Crippen LogP contribution in [0.25, 0.3) is 0 Å². The number of carbonyl (C=O) groups excluding carboxylic acids is 14. The number of carbonyl (C=O) groups is 15. The minimum atomic E-state index is -1.53. The Morgan fingerprint density at radius 2 is 1.09 bits per heavy atom. The van der Waals surface area contributed by atoms with E-state index in [2.05, 4.69) is 52.7 Å². The van der Waals surface area contributed by atoms with E-state index in [0.717, 1.165) is 46.4 Å². The van der Waals surface area contributed by atoms with Crippen LogP contribution in [-0.2, 0) is 131 Å². The summed E-state index contributed by atoms with van der Waals surface area (Å²) in [5.74, 6) is -15.2. The summed E-state index contributed by atoms with van der Waals surface area (Å²) >= 11 is 0.973. The summed E-state index contributed by atoms with van der Waals surface area (Å²) < 4.78 is 66.3. The monoisotopic (exact) mass is 1840 g/mol. The third-order valence-electron chi connectivity index (χ3n) is 17.9. The lowest BCUT2D eigenvalue weighted by Gasteiger charge is -2.26. The van der Waals surface area contributed by atoms with Crippen molar-refractivity contribution in [3.05, 3.63) is 71.5 Å². The largest absolute Gasteiger partial charge is 0.481 e. The van der Waals surface area contributed by atoms with Crippen molar-refractivity contribution < 1.29 is 134 Å². The summed E-state index contributed by atoms with van der Waals surface area (Å²) in [6, 6.07) is 8.99. The number of aliphatic carboxylic acids is 1. The lowest BCUT2D eigenvalue weighted by molar-refractivity contribution is -0.142. The fraction of sp³-hybridized carbons (Fsp3) is 0.646. The molecule has 0 aromatic heterocycles. The van der Waals surface area contributed by atoms with E-state index < -0.39 is 164 Å². The second-order valence-electron chi connectivity index (χ2n) is 28.6. The number of hydrogen-bond donors (Lipinski definition) is 12. The number of nitrogens with two attached hydrogens (primary N) is 3. The minimum absolute atomic E-state index is 0.00935. The van der Waals surface area contributed by atoms with E-state index in [1.165, 1.54) is 37.6 Å². The normalized spacial score (nSPS) is 18.5. The van der Waals surface area contributed by atoms with Gasteiger partial charge in [0.05, 0.1) is 128 Å². The van der Waals surface area contributed by atoms with Crippen molar-refractivity contribution in [2.45, 2.75) is 127 Å². The van der Waals surface area contributed by atoms with Gasteiger partial charge in [-0.1, -0.05) is 76.1 Å². The van der Waals surface area contributed by atoms with Crippen molar-refractivity contribution in [3.8, 4) is 0 Å². The molecule has 2 aliphatic rings. The number of carboxylic acids is 1. The molecule has 44 heteroatoms. The number of carboxylic acid groups (broad SMARTS) is 1. The lowest BCUT2D eigenvalue weighted by Crippen LogP contribution is -2.53. The smallest absolute Gasteiger partial charge is 0.304 e. The number of methoxy groups -OCH3 is 1. The van der Waals surface area contributed by atoms with E-state index in [1.54, 1.807) is 30.3 Å². The van der Waals surface area contributed by atoms with E-state index in [-0.39, 0.29) is 183 Å². The summed E-state index contributed by atoms with van der Waals surface area (Å²) in [6.45, 7) is 5.48. The number of guanidine groups is 1. The molecule has 2 fully saturated rings. The van der Waals surface area contributed by atoms with Crippen molar-refractivity contribution in [2.24, 2.45) is 45.1 Å². The SMILES string of the molecule is CCCOCCCC(=O)COCC(N)=O.COCCOCCCC(=O)[C@@H]1CSCC(=O)N[C@@H](CCCCNC(=O)COCC(=O)NCCOCCOCCOCCOCCOCCNC(=O)CO/N=C/c2ccc(F)cc2)C(=O)N[C@H]2CSSC[C@H](NC(=O)[C@H](CC(=O)O)CC(=O)CNC(=O)[C@H](CCCN=C(N)N)CC2=O)C(=O)C[C@@H](Cc2ccccc2)C(=O)N1. The first kappa shape index (κ1) is 111. The van der Waals surface area contributed by atoms with Gasteiger partial charge in [0.25, 0.3) is 5.91 Å². The Bertz CT molecular complexity index is 3660. The number of amides is 9. The molecule has 0 saturated carbocycles. The number of ketones is 5. The first-order valence-electron chi connectivity index (χ1n) is 41.7. The Balaban J connectivity index is 0.00000247. The number of thioether (sulfide) groups is 1. The minimum Gasteiger partial charge on any atom is -0.481 e. The molecule has 0 spiro atoms. The van der Waals surface area contributed by atoms with Gasteiger partial charge in [-0.2, -0.15) is 0 Å². The zero-order chi connectivity index (χ0) is 92.2. The third-order valence-corrected chi connectivity index (χ3v) is 21.4. The van der Waals surface area contributed by atoms with Gasteiger partial charge in [0, 0.05) is 114 Å². The Morgan fingerprint density at radius 3 is 1.68 bits per heavy atom. The molecule has 7 atom stereocenters. The Kier molecular flexibility index (Phi) is 62.4. The van der Waals surface area contributed by atoms with E-state index >= 15 is 0 Å². The first-order chi connectivity index (χ1) is 60.8. The van der Waals surface area contributed by atoms with E-state index in [9.17, 15) is 81.4 Å². The van der Waals surface area contributed by atoms with Crippen LogP contribution in [0.5, 0.6) is 0 Å². The van der Waals surface area contributed by atoms with E-state index in [4.69, 9.17) is 69.4 Å². The molecular weight excluding hydrogens is 1710 g/mol. The number of ether oxygens (including phenoxy) is 10. The molecule has 0 radical (unpaired) electrons. The second kappa shape index (κ2) is 70.8. The standard InChI is InChI=1S/C72H107FN12O23S3.C10H19NO4/c1-100-25-26-101-22-8-13-60(87)57-45-109-48-66(93)82-56(12-5-6-18-76-63(90)42-107-43-64(91)77-20-23-102-27-29-104-31-33-106-34-32-105-30-28-103-24-21-78-65(92)44-108-81-40-50-14-16-54(73)17-15-50)71(99)85-59-47-111-110-46-58(62(89)38-52(69(97)83-57)35-49-9-3-2-4-10-49)84-70(98)53(39-67(94)95)36-55(86)41-80-68(96)51(37-61(59)88)11-7-19-79-72(74)75;1-2-5-14-6-3-4-9(12)7-15-8-10(11)13/h2-4,9-10,14-17,40,51-53,56-59H,5-8,11-13,18-39,41-48H2,1H3,(H,76,90)(H,77,91)(H,78,92)(H,80,96)(H,82,93)(H,83,97)(H,84,98)(H,85,99)(H,94,95)(H4,74,75,79);2-8H2,1H3,(H2,11,13)/b81-40+;/t51-,52-,53+,56+,57+,58+,59+;/m1./s1. The number of nitrogens with one attached hydrogen (secondary N) is 8. The molecule has 2 aromatic carbocycles. The van der Waals surface area contributed by atoms with Crippen LogP contribution in [0, 0.1) is 23.6 Å². The second-order valence-corrected chi connectivity index (χ2v) is 32.1. The zero-order valence-electron chi connectivity index (χ0n) is 71.7. The van der Waals surface area contributed by atoms with Crippen molar-refractivity contribution >= 4 is 134 Å². The van der Waals surface area contributed by atoms with Crippen LogP contribution < -0.4 is 59.7 Å². The first-order valence-corrected chi connectivity index (χ1v) is 45.3. The molecule has 0 unspecified atom stereocenters. The number of benzene rings is 2. The number of Topliss-reactive ketones (excluding diaryl/α,β-unsaturated/α-hetero) is 5. The third kappa shape index (κ3) is 56.8. The highest BCUT2D eigenvalue weighted by atomic mass is 33.1. The molecule has 2 saturated heterocycles. The number of unbranched alkanes of at least 4 members (excludes halogenated alkanes) is 1. The summed E-state index contributed by atoms with van der Waals surface area (Å²) in [5, 5.41) is 35.0. The predicted molar refractivity (Wildman–Crippen MR) is 465 cm³/mol. The Hall–Kier alpha value is -9.19. The number of halogens is 1. The highest BCUT2D eigenvalue weighted by Crippen LogP contribution is 2.28. The number of primary amides is 1. The maximum absolute atomic E-state index is 14.8. The van der Waals surface area contributed by atoms with Crippen LogP contribution in [0.4, 0.5) is 4.39 Å². The predicted octanol–water partition coefficient (Wildman–Crippen LogP) is -0.234. The molecule has 40 nitrogen and oxygen atoms in total. The van der Waals surface area contributed by atoms with E-state index in [1.807, 2.05) is 6.92 Å². The number of fused-ring (bicyclic) bond motifs is 5. The molecule has 2 bridgehead atoms. The summed E-state index contributed by atoms with van der Waals surface area (Å²) in [4.78, 5) is 208. The molecule has 9 amide bonds. The average molecular weight is 1840 g/mol. The molecular formula is C82H126FN13O27S3. The number of rotatable bonds is 57. The molecule has 706 valence electrons. The molecule has 0 aliphatic carbocycles. The highest BCUT2D eigenvalue weighted by Gasteiger charge is 2.36. The number of hydrogen-bond acceptors (Lipinski definition) is 31. The average Bonchev–Trinajstić information content (AvgIpc) is 0.909. The fourth-order valence-corrected chi connectivity index (χ4v) is 14.8. The van der Waals surface area contributed by atoms with E-state index in [0.29, 0.717) is 76.8 Å². The lowest BCUT2D eigenvalue weighted by atomic mass is 9.90. The highest BCUT2D eigenvalue weighted by molar-refractivity contribution is 8.76. The van der Waals surface area contributed by atoms with Crippen LogP contribution in [0.15, 0.2) is 64.7 Å². The zero-order valence-corrected chi connectivity index (χ0v) is 74.2. The van der Waals surface area contributed by atoms with Gasteiger partial charge < -0.3 is 117 Å². The topological polar surface area (TPSA) is 577 Å². The Labute approximate surface area is 745 Å². The van der Waals surface area contributed by atoms with Crippen LogP contribution in [0.2, 0.25) is 0 Å². The number of aliphatic imine (C=N–C) groups is 1. The molecule has 4 rings (SSSR count). The quantitative estimate of drug-likeness (QED) is 0.0134. The van der Waals surface area contributed by atoms with Crippen LogP contribution in [-0.4, -0.2) is 324 Å². The fourth-order valence-electron chi connectivity index (χ4n) is 11.5. The van der Waals surface area contributed by atoms with Crippen LogP contribution in [0.1, 0.15) is 108 Å². The summed E-state index contributed by atoms with van der Waals surface area (Å²) in [5.41, 5.74) is 17.2. The molecule has 2 aromatic rings. The van der Waals surface area contributed by atoms with Gasteiger partial charge in [-0.05, 0) is 81.0 Å². The van der Waals surface area contributed by atoms with Crippen LogP contribution >= 0.6 is 33.3 Å². The summed E-state index contributed by atoms with van der Waals surface area (Å²) in [6.07, 6.45) is 1.74. The van der Waals surface area contributed by atoms with Crippen molar-refractivity contribution in [2.75, 3.05) is 195 Å². The molecule has 2 aliphatic heterocycles. The Morgan fingerprint density at radius 1 is 0.540 bits per heavy atom.